The van der Waals surface area contributed by atoms with E-state index in [0.29, 0.717) is 32.3 Å². The number of anilines is 2. The number of nitrogens with zero attached hydrogens (tertiary/aromatic N) is 2. The molecule has 8 nitrogen and oxygen atoms in total. The third kappa shape index (κ3) is 3.56. The van der Waals surface area contributed by atoms with Crippen LogP contribution in [-0.2, 0) is 11.0 Å². The Morgan fingerprint density at radius 2 is 1.77 bits per heavy atom. The third-order valence-electron chi connectivity index (χ3n) is 4.53. The molecule has 1 atom stereocenters. The van der Waals surface area contributed by atoms with Gasteiger partial charge in [-0.15, -0.1) is 11.3 Å². The summed E-state index contributed by atoms with van der Waals surface area (Å²) < 4.78 is 13.8. The number of thiophene rings is 1. The summed E-state index contributed by atoms with van der Waals surface area (Å²) in [5.74, 6) is -0.560. The van der Waals surface area contributed by atoms with Gasteiger partial charge in [0.15, 0.2) is 0 Å². The van der Waals surface area contributed by atoms with Crippen LogP contribution in [0.1, 0.15) is 32.0 Å². The summed E-state index contributed by atoms with van der Waals surface area (Å²) >= 11 is 1.30. The molecule has 0 radical (unpaired) electrons. The Bertz CT molecular complexity index is 1150. The fraction of sp³-hybridized carbons (Fsp3) is 0.100. The Balaban J connectivity index is 1.56. The number of aryl methyl sites for hydroxylation is 2. The standard InChI is InChI=1S/C20H16N4O4S2/c1-11-10-15(22-20(27)23-30(28)16-8-5-9-29-16)21-12(2)17(11)24-18(25)13-6-3-4-7-14(13)19(24)26/h3-10H,1-2H3,(H2,21,22,23,27)/p+1. The lowest BCUT2D eigenvalue weighted by Crippen LogP contribution is -2.89. The van der Waals surface area contributed by atoms with Crippen LogP contribution in [0.15, 0.2) is 52.1 Å². The van der Waals surface area contributed by atoms with Gasteiger partial charge in [0, 0.05) is 0 Å². The minimum absolute atomic E-state index is 0.245. The zero-order chi connectivity index (χ0) is 21.4. The van der Waals surface area contributed by atoms with E-state index in [1.54, 1.807) is 61.7 Å². The number of benzene rings is 1. The Morgan fingerprint density at radius 3 is 2.33 bits per heavy atom. The molecular weight excluding hydrogens is 424 g/mol. The Morgan fingerprint density at radius 1 is 1.10 bits per heavy atom. The largest absolute Gasteiger partial charge is 0.432 e. The van der Waals surface area contributed by atoms with Crippen LogP contribution in [0.25, 0.3) is 0 Å². The predicted octanol–water partition coefficient (Wildman–Crippen LogP) is 2.38. The van der Waals surface area contributed by atoms with E-state index in [9.17, 15) is 18.6 Å². The fourth-order valence-electron chi connectivity index (χ4n) is 3.31. The molecule has 10 heteroatoms. The normalized spacial score (nSPS) is 14.0. The molecule has 0 bridgehead atoms. The number of nitrogens with two attached hydrogens (primary N) is 1. The van der Waals surface area contributed by atoms with Crippen LogP contribution in [0.5, 0.6) is 0 Å². The van der Waals surface area contributed by atoms with Crippen molar-refractivity contribution in [2.24, 2.45) is 0 Å². The van der Waals surface area contributed by atoms with Crippen LogP contribution in [0, 0.1) is 13.8 Å². The average molecular weight is 442 g/mol. The Hall–Kier alpha value is -3.21. The molecule has 0 saturated heterocycles. The first-order chi connectivity index (χ1) is 14.4. The SMILES string of the molecule is Cc1cc(NC(=O)[NH2+]S(=O)c2cccs2)nc(C)c1N1C(=O)c2ccccc2C1=O. The summed E-state index contributed by atoms with van der Waals surface area (Å²) in [6.07, 6.45) is 0. The number of nitrogens with one attached hydrogen (secondary N) is 1. The highest BCUT2D eigenvalue weighted by Gasteiger charge is 2.38. The fourth-order valence-corrected chi connectivity index (χ4v) is 5.03. The molecule has 3 heterocycles. The van der Waals surface area contributed by atoms with Gasteiger partial charge in [0.2, 0.25) is 0 Å². The maximum absolute atomic E-state index is 12.8. The molecule has 30 heavy (non-hydrogen) atoms. The summed E-state index contributed by atoms with van der Waals surface area (Å²) in [4.78, 5) is 43.2. The second-order valence-electron chi connectivity index (χ2n) is 6.59. The first-order valence-corrected chi connectivity index (χ1v) is 11.0. The number of amides is 4. The summed E-state index contributed by atoms with van der Waals surface area (Å²) in [6.45, 7) is 3.39. The number of urea groups is 1. The van der Waals surface area contributed by atoms with Gasteiger partial charge >= 0.3 is 6.03 Å². The van der Waals surface area contributed by atoms with Crippen molar-refractivity contribution in [3.8, 4) is 0 Å². The van der Waals surface area contributed by atoms with Crippen LogP contribution in [0.3, 0.4) is 0 Å². The van der Waals surface area contributed by atoms with E-state index >= 15 is 0 Å². The summed E-state index contributed by atoms with van der Waals surface area (Å²) in [5, 5.41) is 4.37. The summed E-state index contributed by atoms with van der Waals surface area (Å²) in [5.41, 5.74) is 2.12. The van der Waals surface area contributed by atoms with Gasteiger partial charge in [-0.2, -0.15) is 8.93 Å². The van der Waals surface area contributed by atoms with Crippen molar-refractivity contribution < 1.29 is 23.3 Å². The highest BCUT2D eigenvalue weighted by molar-refractivity contribution is 7.81. The van der Waals surface area contributed by atoms with Gasteiger partial charge in [0.25, 0.3) is 22.8 Å². The first kappa shape index (κ1) is 20.1. The molecule has 1 unspecified atom stereocenters. The highest BCUT2D eigenvalue weighted by Crippen LogP contribution is 2.33. The lowest BCUT2D eigenvalue weighted by atomic mass is 10.1. The zero-order valence-electron chi connectivity index (χ0n) is 16.0. The van der Waals surface area contributed by atoms with Gasteiger partial charge in [0.1, 0.15) is 10.0 Å². The number of carbonyl (C=O) groups excluding carboxylic acids is 3. The predicted molar refractivity (Wildman–Crippen MR) is 113 cm³/mol. The van der Waals surface area contributed by atoms with Crippen LogP contribution >= 0.6 is 11.3 Å². The van der Waals surface area contributed by atoms with Crippen LogP contribution in [0.2, 0.25) is 0 Å². The smallest absolute Gasteiger partial charge is 0.268 e. The molecule has 2 aromatic heterocycles. The number of primary amides is 1. The van der Waals surface area contributed by atoms with Crippen molar-refractivity contribution in [1.82, 2.24) is 4.98 Å². The molecule has 3 N–H and O–H groups in total. The molecule has 0 spiro atoms. The van der Waals surface area contributed by atoms with Crippen molar-refractivity contribution in [2.75, 3.05) is 10.2 Å². The van der Waals surface area contributed by atoms with Crippen LogP contribution < -0.4 is 14.9 Å². The van der Waals surface area contributed by atoms with E-state index in [1.807, 2.05) is 0 Å². The lowest BCUT2D eigenvalue weighted by Gasteiger charge is -2.19. The Kier molecular flexibility index (Phi) is 5.29. The molecule has 3 aromatic rings. The highest BCUT2D eigenvalue weighted by atomic mass is 32.2. The molecule has 152 valence electrons. The second kappa shape index (κ2) is 7.90. The van der Waals surface area contributed by atoms with E-state index in [0.717, 1.165) is 9.62 Å². The number of carbonyl (C=O) groups is 3. The number of hydrogen-bond donors (Lipinski definition) is 2. The van der Waals surface area contributed by atoms with Gasteiger partial charge in [-0.3, -0.25) is 14.9 Å². The molecule has 0 fully saturated rings. The van der Waals surface area contributed by atoms with E-state index in [2.05, 4.69) is 10.3 Å². The van der Waals surface area contributed by atoms with Crippen LogP contribution in [0.4, 0.5) is 16.3 Å². The van der Waals surface area contributed by atoms with Crippen molar-refractivity contribution in [3.05, 3.63) is 70.2 Å². The molecule has 1 aliphatic heterocycles. The molecule has 0 saturated carbocycles. The number of quaternary nitrogens is 1. The number of aromatic nitrogens is 1. The molecule has 1 aliphatic rings. The summed E-state index contributed by atoms with van der Waals surface area (Å²) in [6, 6.07) is 11.1. The van der Waals surface area contributed by atoms with Gasteiger partial charge in [0.05, 0.1) is 22.5 Å². The molecule has 4 rings (SSSR count). The number of fused-ring (bicyclic) bond motifs is 1. The van der Waals surface area contributed by atoms with Crippen LogP contribution in [-0.4, -0.2) is 27.0 Å². The molecule has 1 aromatic carbocycles. The van der Waals surface area contributed by atoms with E-state index in [1.165, 1.54) is 11.3 Å². The number of rotatable bonds is 4. The number of pyridine rings is 1. The van der Waals surface area contributed by atoms with Crippen molar-refractivity contribution in [3.63, 3.8) is 0 Å². The second-order valence-corrected chi connectivity index (χ2v) is 9.06. The third-order valence-corrected chi connectivity index (χ3v) is 6.94. The maximum Gasteiger partial charge on any atom is 0.432 e. The molecule has 4 amide bonds. The lowest BCUT2D eigenvalue weighted by molar-refractivity contribution is -0.371. The maximum atomic E-state index is 12.8. The van der Waals surface area contributed by atoms with Crippen molar-refractivity contribution >= 4 is 51.7 Å². The van der Waals surface area contributed by atoms with Gasteiger partial charge in [-0.05, 0) is 49.1 Å². The first-order valence-electron chi connectivity index (χ1n) is 8.93. The zero-order valence-corrected chi connectivity index (χ0v) is 17.7. The molecular formula is C20H17N4O4S2+. The molecule has 0 aliphatic carbocycles. The van der Waals surface area contributed by atoms with Crippen molar-refractivity contribution in [2.45, 2.75) is 18.1 Å². The monoisotopic (exact) mass is 441 g/mol. The number of imide groups is 1. The quantitative estimate of drug-likeness (QED) is 0.604. The van der Waals surface area contributed by atoms with E-state index in [4.69, 9.17) is 0 Å². The van der Waals surface area contributed by atoms with Gasteiger partial charge < -0.3 is 0 Å². The minimum atomic E-state index is -1.55. The summed E-state index contributed by atoms with van der Waals surface area (Å²) in [7, 11) is -1.55. The van der Waals surface area contributed by atoms with Crippen molar-refractivity contribution in [1.29, 1.82) is 0 Å². The topological polar surface area (TPSA) is 113 Å². The van der Waals surface area contributed by atoms with E-state index < -0.39 is 28.8 Å². The average Bonchev–Trinajstić information content (AvgIpc) is 3.31. The van der Waals surface area contributed by atoms with Gasteiger partial charge in [-0.25, -0.2) is 14.7 Å². The minimum Gasteiger partial charge on any atom is -0.268 e. The number of hydrogen-bond acceptors (Lipinski definition) is 6. The van der Waals surface area contributed by atoms with Gasteiger partial charge in [-0.1, -0.05) is 18.2 Å². The van der Waals surface area contributed by atoms with E-state index in [-0.39, 0.29) is 5.82 Å². The Labute approximate surface area is 178 Å².